The van der Waals surface area contributed by atoms with Gasteiger partial charge in [-0.1, -0.05) is 6.07 Å². The van der Waals surface area contributed by atoms with Crippen molar-refractivity contribution in [3.8, 4) is 0 Å². The van der Waals surface area contributed by atoms with E-state index >= 15 is 0 Å². The third-order valence-electron chi connectivity index (χ3n) is 5.51. The molecular formula is C20H24N2O4. The van der Waals surface area contributed by atoms with E-state index in [0.717, 1.165) is 54.4 Å². The largest absolute Gasteiger partial charge is 0.441 e. The zero-order valence-electron chi connectivity index (χ0n) is 15.3. The Morgan fingerprint density at radius 3 is 2.77 bits per heavy atom. The average Bonchev–Trinajstić information content (AvgIpc) is 2.83. The molecule has 6 heteroatoms. The maximum Gasteiger partial charge on any atom is 0.407 e. The number of alkyl carbamates (subject to hydrolysis) is 1. The lowest BCUT2D eigenvalue weighted by molar-refractivity contribution is 0.0443. The Bertz CT molecular complexity index is 920. The number of carbonyl (C=O) groups is 1. The highest BCUT2D eigenvalue weighted by Gasteiger charge is 2.41. The van der Waals surface area contributed by atoms with Gasteiger partial charge in [-0.25, -0.2) is 9.59 Å². The monoisotopic (exact) mass is 356 g/mol. The van der Waals surface area contributed by atoms with Crippen molar-refractivity contribution in [1.29, 1.82) is 0 Å². The van der Waals surface area contributed by atoms with E-state index in [4.69, 9.17) is 9.15 Å². The van der Waals surface area contributed by atoms with Gasteiger partial charge in [0, 0.05) is 31.0 Å². The summed E-state index contributed by atoms with van der Waals surface area (Å²) in [7, 11) is 0. The molecular weight excluding hydrogens is 332 g/mol. The van der Waals surface area contributed by atoms with Crippen LogP contribution in [0.3, 0.4) is 0 Å². The Labute approximate surface area is 152 Å². The smallest absolute Gasteiger partial charge is 0.407 e. The van der Waals surface area contributed by atoms with Gasteiger partial charge in [0.05, 0.1) is 6.54 Å². The number of rotatable bonds is 2. The number of hydrogen-bond donors (Lipinski definition) is 1. The third kappa shape index (κ3) is 3.21. The minimum absolute atomic E-state index is 0.306. The van der Waals surface area contributed by atoms with Crippen LogP contribution in [0, 0.1) is 13.8 Å². The van der Waals surface area contributed by atoms with Crippen molar-refractivity contribution >= 4 is 17.1 Å². The van der Waals surface area contributed by atoms with Gasteiger partial charge < -0.3 is 14.5 Å². The van der Waals surface area contributed by atoms with E-state index in [-0.39, 0.29) is 17.3 Å². The molecule has 1 amide bonds. The maximum atomic E-state index is 12.0. The van der Waals surface area contributed by atoms with Gasteiger partial charge >= 0.3 is 11.7 Å². The summed E-state index contributed by atoms with van der Waals surface area (Å²) < 4.78 is 11.0. The molecule has 2 saturated heterocycles. The Kier molecular flexibility index (Phi) is 4.23. The number of ether oxygens (including phenoxy) is 1. The number of hydrogen-bond acceptors (Lipinski definition) is 5. The molecule has 1 aromatic heterocycles. The number of amides is 1. The molecule has 2 aromatic rings. The van der Waals surface area contributed by atoms with Crippen LogP contribution in [0.4, 0.5) is 4.79 Å². The lowest BCUT2D eigenvalue weighted by Gasteiger charge is -2.25. The predicted octanol–water partition coefficient (Wildman–Crippen LogP) is 2.87. The van der Waals surface area contributed by atoms with Gasteiger partial charge in [0.15, 0.2) is 0 Å². The highest BCUT2D eigenvalue weighted by Crippen LogP contribution is 2.30. The molecule has 1 aromatic carbocycles. The summed E-state index contributed by atoms with van der Waals surface area (Å²) >= 11 is 0. The van der Waals surface area contributed by atoms with Crippen LogP contribution in [0.15, 0.2) is 27.4 Å². The first-order valence-corrected chi connectivity index (χ1v) is 9.17. The van der Waals surface area contributed by atoms with Crippen LogP contribution in [0.1, 0.15) is 36.0 Å². The molecule has 0 saturated carbocycles. The van der Waals surface area contributed by atoms with Crippen molar-refractivity contribution < 1.29 is 13.9 Å². The van der Waals surface area contributed by atoms with Crippen LogP contribution >= 0.6 is 0 Å². The quantitative estimate of drug-likeness (QED) is 0.838. The van der Waals surface area contributed by atoms with Crippen molar-refractivity contribution in [2.45, 2.75) is 45.3 Å². The molecule has 138 valence electrons. The number of fused-ring (bicyclic) bond motifs is 1. The molecule has 1 spiro atoms. The van der Waals surface area contributed by atoms with E-state index in [9.17, 15) is 9.59 Å². The first-order chi connectivity index (χ1) is 12.4. The second kappa shape index (κ2) is 6.43. The molecule has 0 bridgehead atoms. The minimum Gasteiger partial charge on any atom is -0.441 e. The molecule has 3 heterocycles. The number of nitrogens with zero attached hydrogens (tertiary/aromatic N) is 1. The van der Waals surface area contributed by atoms with Gasteiger partial charge in [-0.05, 0) is 56.0 Å². The summed E-state index contributed by atoms with van der Waals surface area (Å²) in [5.41, 5.74) is 3.15. The third-order valence-corrected chi connectivity index (χ3v) is 5.51. The van der Waals surface area contributed by atoms with Gasteiger partial charge in [0.2, 0.25) is 0 Å². The van der Waals surface area contributed by atoms with Crippen molar-refractivity contribution in [1.82, 2.24) is 10.2 Å². The summed E-state index contributed by atoms with van der Waals surface area (Å²) in [6, 6.07) is 5.73. The summed E-state index contributed by atoms with van der Waals surface area (Å²) in [4.78, 5) is 25.8. The Balaban J connectivity index is 1.59. The van der Waals surface area contributed by atoms with Crippen LogP contribution in [-0.4, -0.2) is 36.2 Å². The molecule has 4 rings (SSSR count). The molecule has 1 atom stereocenters. The van der Waals surface area contributed by atoms with Crippen LogP contribution in [0.2, 0.25) is 0 Å². The average molecular weight is 356 g/mol. The first-order valence-electron chi connectivity index (χ1n) is 9.17. The van der Waals surface area contributed by atoms with Gasteiger partial charge in [-0.15, -0.1) is 0 Å². The van der Waals surface area contributed by atoms with E-state index in [1.807, 2.05) is 13.0 Å². The molecule has 0 aliphatic carbocycles. The predicted molar refractivity (Wildman–Crippen MR) is 98.3 cm³/mol. The van der Waals surface area contributed by atoms with Crippen molar-refractivity contribution in [2.24, 2.45) is 0 Å². The molecule has 2 aliphatic rings. The van der Waals surface area contributed by atoms with E-state index in [2.05, 4.69) is 23.2 Å². The standard InChI is InChI=1S/C20H24N2O4/c1-13-8-14(2)18-16(9-13)15(10-17(23)25-18)11-22-6-3-4-20(5-7-22)12-21-19(24)26-20/h8-10H,3-7,11-12H2,1-2H3,(H,21,24). The highest BCUT2D eigenvalue weighted by atomic mass is 16.6. The number of likely N-dealkylation sites (tertiary alicyclic amines) is 1. The van der Waals surface area contributed by atoms with Gasteiger partial charge in [-0.3, -0.25) is 4.90 Å². The number of benzene rings is 1. The molecule has 1 N–H and O–H groups in total. The zero-order valence-corrected chi connectivity index (χ0v) is 15.3. The van der Waals surface area contributed by atoms with Crippen LogP contribution in [0.25, 0.3) is 11.0 Å². The topological polar surface area (TPSA) is 71.8 Å². The van der Waals surface area contributed by atoms with Gasteiger partial charge in [0.1, 0.15) is 11.2 Å². The summed E-state index contributed by atoms with van der Waals surface area (Å²) in [6.45, 7) is 7.07. The normalized spacial score (nSPS) is 23.8. The van der Waals surface area contributed by atoms with Gasteiger partial charge in [-0.2, -0.15) is 0 Å². The molecule has 0 radical (unpaired) electrons. The van der Waals surface area contributed by atoms with Crippen molar-refractivity contribution in [2.75, 3.05) is 19.6 Å². The van der Waals surface area contributed by atoms with E-state index in [0.29, 0.717) is 18.7 Å². The Hall–Kier alpha value is -2.34. The second-order valence-electron chi connectivity index (χ2n) is 7.60. The highest BCUT2D eigenvalue weighted by molar-refractivity contribution is 5.83. The van der Waals surface area contributed by atoms with Crippen molar-refractivity contribution in [3.05, 3.63) is 45.3 Å². The van der Waals surface area contributed by atoms with E-state index < -0.39 is 0 Å². The maximum absolute atomic E-state index is 12.0. The molecule has 6 nitrogen and oxygen atoms in total. The van der Waals surface area contributed by atoms with E-state index in [1.54, 1.807) is 6.07 Å². The molecule has 26 heavy (non-hydrogen) atoms. The van der Waals surface area contributed by atoms with Crippen LogP contribution < -0.4 is 10.9 Å². The Morgan fingerprint density at radius 2 is 2.00 bits per heavy atom. The lowest BCUT2D eigenvalue weighted by atomic mass is 9.95. The summed E-state index contributed by atoms with van der Waals surface area (Å²) in [6.07, 6.45) is 2.34. The minimum atomic E-state index is -0.364. The van der Waals surface area contributed by atoms with Gasteiger partial charge in [0.25, 0.3) is 0 Å². The summed E-state index contributed by atoms with van der Waals surface area (Å²) in [5, 5.41) is 3.79. The SMILES string of the molecule is Cc1cc(C)c2oc(=O)cc(CN3CCCC4(CC3)CNC(=O)O4)c2c1. The van der Waals surface area contributed by atoms with Crippen molar-refractivity contribution in [3.63, 3.8) is 0 Å². The fraction of sp³-hybridized carbons (Fsp3) is 0.500. The molecule has 1 unspecified atom stereocenters. The first kappa shape index (κ1) is 17.1. The van der Waals surface area contributed by atoms with Crippen LogP contribution in [0.5, 0.6) is 0 Å². The Morgan fingerprint density at radius 1 is 1.15 bits per heavy atom. The van der Waals surface area contributed by atoms with Crippen LogP contribution in [-0.2, 0) is 11.3 Å². The number of carbonyl (C=O) groups excluding carboxylic acids is 1. The number of aryl methyl sites for hydroxylation is 2. The fourth-order valence-corrected chi connectivity index (χ4v) is 4.21. The lowest BCUT2D eigenvalue weighted by Crippen LogP contribution is -2.34. The fourth-order valence-electron chi connectivity index (χ4n) is 4.21. The molecule has 2 fully saturated rings. The summed E-state index contributed by atoms with van der Waals surface area (Å²) in [5.74, 6) is 0. The molecule has 2 aliphatic heterocycles. The number of nitrogens with one attached hydrogen (secondary N) is 1. The second-order valence-corrected chi connectivity index (χ2v) is 7.60. The van der Waals surface area contributed by atoms with E-state index in [1.165, 1.54) is 0 Å². The zero-order chi connectivity index (χ0) is 18.3.